The molecule has 0 N–H and O–H groups in total. The maximum Gasteiger partial charge on any atom is 0.227 e. The van der Waals surface area contributed by atoms with E-state index in [1.807, 2.05) is 0 Å². The Bertz CT molecular complexity index is 551. The zero-order chi connectivity index (χ0) is 13.0. The summed E-state index contributed by atoms with van der Waals surface area (Å²) in [4.78, 5) is 14.9. The molecule has 0 atom stereocenters. The first kappa shape index (κ1) is 12.4. The molecule has 1 aromatic heterocycles. The van der Waals surface area contributed by atoms with E-state index >= 15 is 0 Å². The highest BCUT2D eigenvalue weighted by atomic mass is 19.1. The molecular weight excluding hydrogens is 235 g/mol. The van der Waals surface area contributed by atoms with Gasteiger partial charge in [-0.25, -0.2) is 4.39 Å². The number of hydrogen-bond acceptors (Lipinski definition) is 4. The lowest BCUT2D eigenvalue weighted by Crippen LogP contribution is -1.96. The number of ketones is 1. The van der Waals surface area contributed by atoms with Crippen LogP contribution in [0, 0.1) is 5.82 Å². The molecule has 2 rings (SSSR count). The molecule has 94 valence electrons. The smallest absolute Gasteiger partial charge is 0.227 e. The third-order valence-corrected chi connectivity index (χ3v) is 2.51. The maximum atomic E-state index is 13.4. The van der Waals surface area contributed by atoms with Crippen LogP contribution in [0.2, 0.25) is 0 Å². The van der Waals surface area contributed by atoms with Gasteiger partial charge in [0.05, 0.1) is 0 Å². The van der Waals surface area contributed by atoms with Gasteiger partial charge in [0.1, 0.15) is 11.6 Å². The number of nitrogens with zero attached hydrogens (tertiary/aromatic N) is 2. The fourth-order valence-corrected chi connectivity index (χ4v) is 1.56. The topological polar surface area (TPSA) is 56.0 Å². The van der Waals surface area contributed by atoms with Gasteiger partial charge < -0.3 is 9.32 Å². The summed E-state index contributed by atoms with van der Waals surface area (Å²) in [5.74, 6) is 0.631. The van der Waals surface area contributed by atoms with Gasteiger partial charge in [0.25, 0.3) is 0 Å². The first-order valence-corrected chi connectivity index (χ1v) is 5.69. The van der Waals surface area contributed by atoms with Crippen LogP contribution in [-0.4, -0.2) is 15.9 Å². The van der Waals surface area contributed by atoms with Crippen molar-refractivity contribution in [3.8, 4) is 0 Å². The number of halogens is 1. The van der Waals surface area contributed by atoms with Crippen LogP contribution >= 0.6 is 0 Å². The van der Waals surface area contributed by atoms with Crippen LogP contribution in [0.25, 0.3) is 0 Å². The highest BCUT2D eigenvalue weighted by molar-refractivity contribution is 5.75. The van der Waals surface area contributed by atoms with Crippen molar-refractivity contribution in [3.05, 3.63) is 47.4 Å². The first-order valence-electron chi connectivity index (χ1n) is 5.69. The van der Waals surface area contributed by atoms with E-state index in [9.17, 15) is 9.18 Å². The summed E-state index contributed by atoms with van der Waals surface area (Å²) in [7, 11) is 0. The number of Topliss-reactive ketones (excluding diaryl/α,β-unsaturated/α-hetero) is 1. The van der Waals surface area contributed by atoms with Gasteiger partial charge in [0.15, 0.2) is 5.82 Å². The van der Waals surface area contributed by atoms with Crippen molar-refractivity contribution < 1.29 is 13.7 Å². The summed E-state index contributed by atoms with van der Waals surface area (Å²) < 4.78 is 18.4. The summed E-state index contributed by atoms with van der Waals surface area (Å²) >= 11 is 0. The Hall–Kier alpha value is -2.04. The van der Waals surface area contributed by atoms with Gasteiger partial charge in [-0.05, 0) is 18.6 Å². The molecule has 0 saturated heterocycles. The Morgan fingerprint density at radius 2 is 2.17 bits per heavy atom. The lowest BCUT2D eigenvalue weighted by molar-refractivity contribution is -0.117. The van der Waals surface area contributed by atoms with E-state index in [0.29, 0.717) is 30.1 Å². The molecule has 2 aromatic rings. The van der Waals surface area contributed by atoms with Crippen LogP contribution in [0.1, 0.15) is 30.6 Å². The molecule has 0 radical (unpaired) electrons. The molecule has 0 amide bonds. The summed E-state index contributed by atoms with van der Waals surface area (Å²) in [6, 6.07) is 6.47. The van der Waals surface area contributed by atoms with E-state index in [1.54, 1.807) is 18.2 Å². The summed E-state index contributed by atoms with van der Waals surface area (Å²) in [5.41, 5.74) is 0.524. The molecule has 0 bridgehead atoms. The van der Waals surface area contributed by atoms with Gasteiger partial charge in [0, 0.05) is 19.3 Å². The predicted molar refractivity (Wildman–Crippen MR) is 62.5 cm³/mol. The van der Waals surface area contributed by atoms with E-state index in [0.717, 1.165) is 0 Å². The lowest BCUT2D eigenvalue weighted by Gasteiger charge is -1.97. The van der Waals surface area contributed by atoms with Gasteiger partial charge in [0.2, 0.25) is 5.89 Å². The van der Waals surface area contributed by atoms with Crippen LogP contribution in [0.15, 0.2) is 28.8 Å². The summed E-state index contributed by atoms with van der Waals surface area (Å²) in [6.45, 7) is 1.51. The molecule has 0 aliphatic carbocycles. The molecular formula is C13H13FN2O2. The number of carbonyl (C=O) groups is 1. The lowest BCUT2D eigenvalue weighted by atomic mass is 10.1. The predicted octanol–water partition coefficient (Wildman–Crippen LogP) is 2.32. The van der Waals surface area contributed by atoms with Crippen molar-refractivity contribution in [2.45, 2.75) is 26.2 Å². The van der Waals surface area contributed by atoms with Crippen LogP contribution in [0.3, 0.4) is 0 Å². The van der Waals surface area contributed by atoms with Gasteiger partial charge in [-0.15, -0.1) is 0 Å². The first-order chi connectivity index (χ1) is 8.65. The molecule has 0 unspecified atom stereocenters. The minimum Gasteiger partial charge on any atom is -0.339 e. The second-order valence-electron chi connectivity index (χ2n) is 4.07. The minimum atomic E-state index is -0.285. The Kier molecular flexibility index (Phi) is 3.82. The van der Waals surface area contributed by atoms with Crippen molar-refractivity contribution in [1.82, 2.24) is 10.1 Å². The van der Waals surface area contributed by atoms with E-state index < -0.39 is 0 Å². The molecule has 0 fully saturated rings. The average molecular weight is 248 g/mol. The van der Waals surface area contributed by atoms with Crippen molar-refractivity contribution in [1.29, 1.82) is 0 Å². The quantitative estimate of drug-likeness (QED) is 0.814. The average Bonchev–Trinajstić information content (AvgIpc) is 2.77. The molecule has 0 aliphatic heterocycles. The Morgan fingerprint density at radius 3 is 2.89 bits per heavy atom. The van der Waals surface area contributed by atoms with Crippen LogP contribution < -0.4 is 0 Å². The normalized spacial score (nSPS) is 10.6. The Balaban J connectivity index is 2.02. The van der Waals surface area contributed by atoms with Crippen LogP contribution in [0.5, 0.6) is 0 Å². The van der Waals surface area contributed by atoms with Crippen LogP contribution in [-0.2, 0) is 17.6 Å². The molecule has 18 heavy (non-hydrogen) atoms. The number of aryl methyl sites for hydroxylation is 1. The van der Waals surface area contributed by atoms with Crippen molar-refractivity contribution in [3.63, 3.8) is 0 Å². The second kappa shape index (κ2) is 5.53. The number of aromatic nitrogens is 2. The molecule has 0 saturated carbocycles. The Morgan fingerprint density at radius 1 is 1.39 bits per heavy atom. The fraction of sp³-hybridized carbons (Fsp3) is 0.308. The molecule has 5 heteroatoms. The van der Waals surface area contributed by atoms with Gasteiger partial charge in [-0.2, -0.15) is 4.98 Å². The van der Waals surface area contributed by atoms with Crippen molar-refractivity contribution in [2.24, 2.45) is 0 Å². The summed E-state index contributed by atoms with van der Waals surface area (Å²) in [6.07, 6.45) is 1.09. The Labute approximate surface area is 104 Å². The van der Waals surface area contributed by atoms with E-state index in [4.69, 9.17) is 4.52 Å². The molecule has 1 heterocycles. The minimum absolute atomic E-state index is 0.0730. The molecule has 0 aliphatic rings. The number of carbonyl (C=O) groups excluding carboxylic acids is 1. The molecule has 4 nitrogen and oxygen atoms in total. The molecule has 0 spiro atoms. The SMILES string of the molecule is CC(=O)CCc1nc(Cc2ccccc2F)no1. The van der Waals surface area contributed by atoms with E-state index in [2.05, 4.69) is 10.1 Å². The number of rotatable bonds is 5. The zero-order valence-electron chi connectivity index (χ0n) is 10.0. The van der Waals surface area contributed by atoms with Gasteiger partial charge in [-0.3, -0.25) is 0 Å². The third kappa shape index (κ3) is 3.23. The number of benzene rings is 1. The highest BCUT2D eigenvalue weighted by Crippen LogP contribution is 2.11. The standard InChI is InChI=1S/C13H13FN2O2/c1-9(17)6-7-13-15-12(16-18-13)8-10-4-2-3-5-11(10)14/h2-5H,6-8H2,1H3. The monoisotopic (exact) mass is 248 g/mol. The zero-order valence-corrected chi connectivity index (χ0v) is 10.0. The van der Waals surface area contributed by atoms with Crippen molar-refractivity contribution >= 4 is 5.78 Å². The van der Waals surface area contributed by atoms with E-state index in [-0.39, 0.29) is 18.0 Å². The third-order valence-electron chi connectivity index (χ3n) is 2.51. The highest BCUT2D eigenvalue weighted by Gasteiger charge is 2.10. The molecule has 1 aromatic carbocycles. The van der Waals surface area contributed by atoms with Crippen molar-refractivity contribution in [2.75, 3.05) is 0 Å². The van der Waals surface area contributed by atoms with Crippen LogP contribution in [0.4, 0.5) is 4.39 Å². The maximum absolute atomic E-state index is 13.4. The van der Waals surface area contributed by atoms with E-state index in [1.165, 1.54) is 13.0 Å². The van der Waals surface area contributed by atoms with Gasteiger partial charge >= 0.3 is 0 Å². The largest absolute Gasteiger partial charge is 0.339 e. The second-order valence-corrected chi connectivity index (χ2v) is 4.07. The van der Waals surface area contributed by atoms with Gasteiger partial charge in [-0.1, -0.05) is 23.4 Å². The number of hydrogen-bond donors (Lipinski definition) is 0. The summed E-state index contributed by atoms with van der Waals surface area (Å²) in [5, 5.41) is 3.77. The fourth-order valence-electron chi connectivity index (χ4n) is 1.56.